The molecule has 0 N–H and O–H groups in total. The average molecular weight is 929 g/mol. The second-order valence-corrected chi connectivity index (χ2v) is 23.0. The van der Waals surface area contributed by atoms with Crippen molar-refractivity contribution < 1.29 is 8.83 Å². The normalized spacial score (nSPS) is 14.4. The largest absolute Gasteiger partial charge is 0.454 e. The average Bonchev–Trinajstić information content (AvgIpc) is 4.11. The van der Waals surface area contributed by atoms with Crippen LogP contribution >= 0.6 is 11.3 Å². The number of hydrogen-bond acceptors (Lipinski definition) is 5. The molecule has 3 aromatic heterocycles. The number of furan rings is 2. The number of thiophene rings is 1. The van der Waals surface area contributed by atoms with E-state index in [-0.39, 0.29) is 16.2 Å². The standard InChI is InChI=1S/C65H56N2O2S/c1-63(2,3)48-30-17-26-42-44-28-19-32-52(60(44)68-58(42)48)66(39-21-11-9-12-22-39)41-35-36-46-50(37-41)65(7,8)51-38-54(57-47-25-15-16-34-55(47)70-62(57)56(46)51)67(40-23-13-10-14-24-40)53-33-20-29-45-43-27-18-31-49(64(4,5)6)59(43)69-61(45)53/h9-16,18-25,27-38H,17,26H2,1-8H3. The van der Waals surface area contributed by atoms with Crippen LogP contribution in [0.1, 0.15) is 89.8 Å². The van der Waals surface area contributed by atoms with Crippen LogP contribution in [0.4, 0.5) is 34.1 Å². The topological polar surface area (TPSA) is 32.8 Å². The Morgan fingerprint density at radius 3 is 1.84 bits per heavy atom. The maximum atomic E-state index is 7.16. The minimum Gasteiger partial charge on any atom is -0.454 e. The molecule has 3 heterocycles. The van der Waals surface area contributed by atoms with Gasteiger partial charge in [0.2, 0.25) is 0 Å². The van der Waals surface area contributed by atoms with Gasteiger partial charge in [-0.2, -0.15) is 0 Å². The highest BCUT2D eigenvalue weighted by Gasteiger charge is 2.40. The van der Waals surface area contributed by atoms with Crippen molar-refractivity contribution in [1.82, 2.24) is 0 Å². The van der Waals surface area contributed by atoms with Crippen LogP contribution in [0.5, 0.6) is 0 Å². The fourth-order valence-corrected chi connectivity index (χ4v) is 13.1. The molecule has 0 saturated heterocycles. The molecule has 2 aliphatic rings. The van der Waals surface area contributed by atoms with Crippen molar-refractivity contribution in [3.8, 4) is 11.1 Å². The lowest BCUT2D eigenvalue weighted by atomic mass is 9.80. The van der Waals surface area contributed by atoms with Crippen LogP contribution in [0.15, 0.2) is 179 Å². The van der Waals surface area contributed by atoms with Gasteiger partial charge in [-0.1, -0.05) is 165 Å². The van der Waals surface area contributed by atoms with Gasteiger partial charge < -0.3 is 18.6 Å². The van der Waals surface area contributed by atoms with Crippen molar-refractivity contribution in [2.75, 3.05) is 9.80 Å². The quantitative estimate of drug-likeness (QED) is 0.166. The Balaban J connectivity index is 1.04. The van der Waals surface area contributed by atoms with Crippen molar-refractivity contribution in [1.29, 1.82) is 0 Å². The second-order valence-electron chi connectivity index (χ2n) is 22.0. The van der Waals surface area contributed by atoms with Crippen LogP contribution in [0.3, 0.4) is 0 Å². The number of fused-ring (bicyclic) bond motifs is 13. The smallest absolute Gasteiger partial charge is 0.159 e. The monoisotopic (exact) mass is 928 g/mol. The van der Waals surface area contributed by atoms with Crippen LogP contribution in [-0.4, -0.2) is 0 Å². The van der Waals surface area contributed by atoms with E-state index in [2.05, 4.69) is 235 Å². The first-order valence-electron chi connectivity index (χ1n) is 24.8. The molecule has 0 spiro atoms. The van der Waals surface area contributed by atoms with E-state index in [0.717, 1.165) is 80.2 Å². The fraction of sp³-hybridized carbons (Fsp3) is 0.200. The molecule has 5 heteroatoms. The van der Waals surface area contributed by atoms with Crippen LogP contribution in [0.25, 0.3) is 69.8 Å². The zero-order chi connectivity index (χ0) is 47.8. The first-order valence-corrected chi connectivity index (χ1v) is 25.6. The maximum absolute atomic E-state index is 7.16. The molecule has 0 amide bonds. The van der Waals surface area contributed by atoms with E-state index < -0.39 is 0 Å². The highest BCUT2D eigenvalue weighted by Crippen LogP contribution is 2.59. The van der Waals surface area contributed by atoms with E-state index in [0.29, 0.717) is 0 Å². The van der Waals surface area contributed by atoms with Crippen LogP contribution in [-0.2, 0) is 17.3 Å². The van der Waals surface area contributed by atoms with Gasteiger partial charge in [0.1, 0.15) is 11.3 Å². The third-order valence-electron chi connectivity index (χ3n) is 15.2. The first-order chi connectivity index (χ1) is 33.8. The van der Waals surface area contributed by atoms with Gasteiger partial charge in [-0.3, -0.25) is 0 Å². The first kappa shape index (κ1) is 42.7. The number of hydrogen-bond donors (Lipinski definition) is 0. The molecule has 0 fully saturated rings. The molecule has 0 saturated carbocycles. The van der Waals surface area contributed by atoms with Gasteiger partial charge in [0.25, 0.3) is 0 Å². The molecular weight excluding hydrogens is 873 g/mol. The summed E-state index contributed by atoms with van der Waals surface area (Å²) in [4.78, 5) is 4.88. The molecule has 0 atom stereocenters. The molecule has 0 bridgehead atoms. The Bertz CT molecular complexity index is 3940. The lowest BCUT2D eigenvalue weighted by Crippen LogP contribution is -2.18. The summed E-state index contributed by atoms with van der Waals surface area (Å²) in [5.41, 5.74) is 17.8. The Hall–Kier alpha value is -7.34. The summed E-state index contributed by atoms with van der Waals surface area (Å²) < 4.78 is 16.8. The summed E-state index contributed by atoms with van der Waals surface area (Å²) in [6.07, 6.45) is 4.38. The van der Waals surface area contributed by atoms with Crippen LogP contribution in [0, 0.1) is 5.41 Å². The van der Waals surface area contributed by atoms with Crippen LogP contribution < -0.4 is 9.80 Å². The lowest BCUT2D eigenvalue weighted by molar-refractivity contribution is 0.515. The predicted octanol–water partition coefficient (Wildman–Crippen LogP) is 19.6. The zero-order valence-electron chi connectivity index (χ0n) is 41.2. The van der Waals surface area contributed by atoms with Gasteiger partial charge >= 0.3 is 0 Å². The van der Waals surface area contributed by atoms with Gasteiger partial charge in [0.15, 0.2) is 11.2 Å². The van der Waals surface area contributed by atoms with Gasteiger partial charge in [-0.25, -0.2) is 0 Å². The van der Waals surface area contributed by atoms with E-state index in [1.807, 2.05) is 11.3 Å². The van der Waals surface area contributed by atoms with Gasteiger partial charge in [0.05, 0.1) is 17.1 Å². The number of aryl methyl sites for hydroxylation is 1. The number of anilines is 6. The number of allylic oxidation sites excluding steroid dienone is 2. The highest BCUT2D eigenvalue weighted by molar-refractivity contribution is 7.26. The molecule has 8 aromatic carbocycles. The third-order valence-corrected chi connectivity index (χ3v) is 16.4. The number of rotatable bonds is 6. The SMILES string of the molecule is CC(C)(C)C1=CCCc2c1oc1c(N(c3ccccc3)c3ccc4c(c3)C(C)(C)c3cc(N(c5ccccc5)c5cccc6c5oc5c(C(C)(C)C)cccc56)c5c(sc6ccccc65)c3-4)cccc21. The molecule has 344 valence electrons. The minimum atomic E-state index is -0.361. The molecule has 0 aliphatic heterocycles. The summed E-state index contributed by atoms with van der Waals surface area (Å²) in [6.45, 7) is 18.5. The number of benzene rings is 8. The zero-order valence-corrected chi connectivity index (χ0v) is 42.0. The Labute approximate surface area is 414 Å². The molecule has 13 rings (SSSR count). The molecule has 2 aliphatic carbocycles. The van der Waals surface area contributed by atoms with Crippen LogP contribution in [0.2, 0.25) is 0 Å². The molecule has 0 radical (unpaired) electrons. The second kappa shape index (κ2) is 15.3. The summed E-state index contributed by atoms with van der Waals surface area (Å²) in [7, 11) is 0. The van der Waals surface area contributed by atoms with E-state index in [9.17, 15) is 0 Å². The van der Waals surface area contributed by atoms with Crippen molar-refractivity contribution in [3.63, 3.8) is 0 Å². The van der Waals surface area contributed by atoms with Gasteiger partial charge in [-0.15, -0.1) is 11.3 Å². The van der Waals surface area contributed by atoms with E-state index in [4.69, 9.17) is 8.83 Å². The number of para-hydroxylation sites is 5. The number of nitrogens with zero attached hydrogens (tertiary/aromatic N) is 2. The highest BCUT2D eigenvalue weighted by atomic mass is 32.1. The fourth-order valence-electron chi connectivity index (χ4n) is 11.8. The molecule has 4 nitrogen and oxygen atoms in total. The van der Waals surface area contributed by atoms with E-state index >= 15 is 0 Å². The molecule has 0 unspecified atom stereocenters. The molecule has 11 aromatic rings. The Morgan fingerprint density at radius 1 is 0.514 bits per heavy atom. The summed E-state index contributed by atoms with van der Waals surface area (Å²) in [6, 6.07) is 60.2. The third kappa shape index (κ3) is 6.33. The Kier molecular flexibility index (Phi) is 9.36. The lowest BCUT2D eigenvalue weighted by Gasteiger charge is -2.30. The van der Waals surface area contributed by atoms with Crippen molar-refractivity contribution >= 4 is 104 Å². The van der Waals surface area contributed by atoms with Crippen molar-refractivity contribution in [2.45, 2.75) is 79.1 Å². The molecule has 70 heavy (non-hydrogen) atoms. The maximum Gasteiger partial charge on any atom is 0.159 e. The summed E-state index contributed by atoms with van der Waals surface area (Å²) in [5.74, 6) is 1.04. The van der Waals surface area contributed by atoms with Gasteiger partial charge in [-0.05, 0) is 107 Å². The summed E-state index contributed by atoms with van der Waals surface area (Å²) >= 11 is 1.91. The Morgan fingerprint density at radius 2 is 1.13 bits per heavy atom. The molecular formula is C65H56N2O2S. The van der Waals surface area contributed by atoms with Crippen molar-refractivity contribution in [3.05, 3.63) is 198 Å². The predicted molar refractivity (Wildman–Crippen MR) is 298 cm³/mol. The van der Waals surface area contributed by atoms with E-state index in [1.54, 1.807) is 0 Å². The van der Waals surface area contributed by atoms with E-state index in [1.165, 1.54) is 64.5 Å². The minimum absolute atomic E-state index is 0.0301. The van der Waals surface area contributed by atoms with Gasteiger partial charge in [0, 0.05) is 75.5 Å². The summed E-state index contributed by atoms with van der Waals surface area (Å²) in [5, 5.41) is 5.97. The van der Waals surface area contributed by atoms with Crippen molar-refractivity contribution in [2.24, 2.45) is 5.41 Å².